The second-order valence-corrected chi connectivity index (χ2v) is 6.16. The van der Waals surface area contributed by atoms with Gasteiger partial charge in [-0.3, -0.25) is 19.2 Å². The first kappa shape index (κ1) is 15.9. The summed E-state index contributed by atoms with van der Waals surface area (Å²) in [6.45, 7) is 5.41. The predicted molar refractivity (Wildman–Crippen MR) is 81.1 cm³/mol. The minimum absolute atomic E-state index is 0.000504. The van der Waals surface area contributed by atoms with Crippen LogP contribution in [0.15, 0.2) is 12.3 Å². The lowest BCUT2D eigenvalue weighted by Gasteiger charge is -2.30. The van der Waals surface area contributed by atoms with Crippen molar-refractivity contribution in [3.63, 3.8) is 0 Å². The largest absolute Gasteiger partial charge is 0.480 e. The molecule has 0 aromatic carbocycles. The minimum atomic E-state index is -0.842. The lowest BCUT2D eigenvalue weighted by Crippen LogP contribution is -2.47. The zero-order valence-corrected chi connectivity index (χ0v) is 13.2. The van der Waals surface area contributed by atoms with Crippen LogP contribution in [0.1, 0.15) is 17.4 Å². The molecule has 1 aromatic heterocycles. The normalized spacial score (nSPS) is 25.2. The molecule has 8 nitrogen and oxygen atoms in total. The Bertz CT molecular complexity index is 588. The van der Waals surface area contributed by atoms with Crippen molar-refractivity contribution in [2.75, 3.05) is 39.4 Å². The number of hydrogen-bond donors (Lipinski definition) is 1. The Hall–Kier alpha value is -1.93. The fourth-order valence-electron chi connectivity index (χ4n) is 3.31. The van der Waals surface area contributed by atoms with Crippen LogP contribution in [0.3, 0.4) is 0 Å². The van der Waals surface area contributed by atoms with E-state index in [1.165, 1.54) is 0 Å². The number of nitrogens with zero attached hydrogens (tertiary/aromatic N) is 4. The monoisotopic (exact) mass is 322 g/mol. The van der Waals surface area contributed by atoms with Gasteiger partial charge in [-0.1, -0.05) is 0 Å². The maximum atomic E-state index is 12.8. The van der Waals surface area contributed by atoms with E-state index in [1.807, 2.05) is 16.7 Å². The van der Waals surface area contributed by atoms with Crippen LogP contribution in [-0.4, -0.2) is 82.0 Å². The molecule has 2 fully saturated rings. The van der Waals surface area contributed by atoms with Crippen molar-refractivity contribution in [3.8, 4) is 0 Å². The van der Waals surface area contributed by atoms with Crippen molar-refractivity contribution in [2.24, 2.45) is 5.92 Å². The van der Waals surface area contributed by atoms with Crippen molar-refractivity contribution in [1.29, 1.82) is 0 Å². The molecule has 3 rings (SSSR count). The van der Waals surface area contributed by atoms with Gasteiger partial charge in [0.1, 0.15) is 5.69 Å². The van der Waals surface area contributed by atoms with E-state index in [-0.39, 0.29) is 24.4 Å². The summed E-state index contributed by atoms with van der Waals surface area (Å²) in [5, 5.41) is 13.3. The summed E-state index contributed by atoms with van der Waals surface area (Å²) in [4.78, 5) is 27.5. The maximum Gasteiger partial charge on any atom is 0.317 e. The van der Waals surface area contributed by atoms with Crippen LogP contribution in [0.25, 0.3) is 0 Å². The Morgan fingerprint density at radius 2 is 2.17 bits per heavy atom. The van der Waals surface area contributed by atoms with E-state index >= 15 is 0 Å². The lowest BCUT2D eigenvalue weighted by molar-refractivity contribution is -0.138. The third-order valence-electron chi connectivity index (χ3n) is 4.35. The molecule has 0 radical (unpaired) electrons. The van der Waals surface area contributed by atoms with Crippen LogP contribution in [0, 0.1) is 5.92 Å². The molecule has 1 N–H and O–H groups in total. The maximum absolute atomic E-state index is 12.8. The lowest BCUT2D eigenvalue weighted by atomic mass is 10.1. The standard InChI is InChI=1S/C15H22N4O4/c1-2-18-4-3-13(16-18)15(22)19-6-11-5-17(8-14(20)21)7-12(19)10-23-9-11/h3-4,11-12H,2,5-10H2,1H3,(H,20,21)/t11-,12-/m0/s1. The summed E-state index contributed by atoms with van der Waals surface area (Å²) in [7, 11) is 0. The van der Waals surface area contributed by atoms with Gasteiger partial charge in [0.2, 0.25) is 0 Å². The number of aromatic nitrogens is 2. The topological polar surface area (TPSA) is 87.9 Å². The zero-order valence-electron chi connectivity index (χ0n) is 13.2. The molecule has 1 amide bonds. The predicted octanol–water partition coefficient (Wildman–Crippen LogP) is -0.240. The number of carboxylic acid groups (broad SMARTS) is 1. The van der Waals surface area contributed by atoms with Gasteiger partial charge in [-0.25, -0.2) is 0 Å². The van der Waals surface area contributed by atoms with Gasteiger partial charge in [-0.05, 0) is 13.0 Å². The van der Waals surface area contributed by atoms with Gasteiger partial charge in [0.15, 0.2) is 0 Å². The third kappa shape index (κ3) is 3.53. The molecule has 1 aromatic rings. The summed E-state index contributed by atoms with van der Waals surface area (Å²) in [6.07, 6.45) is 1.80. The van der Waals surface area contributed by atoms with E-state index in [0.29, 0.717) is 38.5 Å². The van der Waals surface area contributed by atoms with Gasteiger partial charge in [0.05, 0.1) is 25.8 Å². The number of ether oxygens (including phenoxy) is 1. The smallest absolute Gasteiger partial charge is 0.317 e. The summed E-state index contributed by atoms with van der Waals surface area (Å²) >= 11 is 0. The highest BCUT2D eigenvalue weighted by molar-refractivity contribution is 5.92. The molecule has 2 atom stereocenters. The Morgan fingerprint density at radius 1 is 1.35 bits per heavy atom. The van der Waals surface area contributed by atoms with Crippen LogP contribution >= 0.6 is 0 Å². The van der Waals surface area contributed by atoms with Gasteiger partial charge >= 0.3 is 5.97 Å². The van der Waals surface area contributed by atoms with Crippen LogP contribution in [-0.2, 0) is 16.1 Å². The number of aryl methyl sites for hydroxylation is 1. The zero-order chi connectivity index (χ0) is 16.4. The fourth-order valence-corrected chi connectivity index (χ4v) is 3.31. The fraction of sp³-hybridized carbons (Fsp3) is 0.667. The number of carboxylic acids is 1. The highest BCUT2D eigenvalue weighted by atomic mass is 16.5. The highest BCUT2D eigenvalue weighted by Gasteiger charge is 2.37. The Morgan fingerprint density at radius 3 is 2.87 bits per heavy atom. The van der Waals surface area contributed by atoms with Crippen LogP contribution < -0.4 is 0 Å². The molecule has 2 saturated heterocycles. The molecule has 0 spiro atoms. The molecular weight excluding hydrogens is 300 g/mol. The number of rotatable bonds is 4. The van der Waals surface area contributed by atoms with Crippen molar-refractivity contribution in [2.45, 2.75) is 19.5 Å². The average molecular weight is 322 g/mol. The van der Waals surface area contributed by atoms with E-state index in [1.54, 1.807) is 16.9 Å². The molecule has 126 valence electrons. The van der Waals surface area contributed by atoms with Crippen molar-refractivity contribution in [3.05, 3.63) is 18.0 Å². The number of amides is 1. The van der Waals surface area contributed by atoms with Crippen molar-refractivity contribution < 1.29 is 19.4 Å². The first-order chi connectivity index (χ1) is 11.1. The summed E-state index contributed by atoms with van der Waals surface area (Å²) in [5.41, 5.74) is 0.434. The van der Waals surface area contributed by atoms with Gasteiger partial charge < -0.3 is 14.7 Å². The third-order valence-corrected chi connectivity index (χ3v) is 4.35. The van der Waals surface area contributed by atoms with E-state index in [4.69, 9.17) is 9.84 Å². The van der Waals surface area contributed by atoms with Crippen LogP contribution in [0.4, 0.5) is 0 Å². The molecule has 2 bridgehead atoms. The van der Waals surface area contributed by atoms with Gasteiger partial charge in [0, 0.05) is 38.3 Å². The molecule has 0 aliphatic carbocycles. The average Bonchev–Trinajstić information content (AvgIpc) is 2.80. The molecule has 2 aliphatic rings. The Labute approximate surface area is 134 Å². The van der Waals surface area contributed by atoms with E-state index in [2.05, 4.69) is 5.10 Å². The number of carbonyl (C=O) groups is 2. The number of fused-ring (bicyclic) bond motifs is 3. The van der Waals surface area contributed by atoms with E-state index in [9.17, 15) is 9.59 Å². The van der Waals surface area contributed by atoms with Gasteiger partial charge in [0.25, 0.3) is 5.91 Å². The van der Waals surface area contributed by atoms with Crippen LogP contribution in [0.5, 0.6) is 0 Å². The number of aliphatic carboxylic acids is 1. The first-order valence-electron chi connectivity index (χ1n) is 7.93. The SMILES string of the molecule is CCn1ccc(C(=O)N2C[C@H]3COC[C@@H]2CN(CC(=O)O)C3)n1. The molecule has 0 saturated carbocycles. The molecule has 0 unspecified atom stereocenters. The highest BCUT2D eigenvalue weighted by Crippen LogP contribution is 2.21. The van der Waals surface area contributed by atoms with Crippen molar-refractivity contribution >= 4 is 11.9 Å². The van der Waals surface area contributed by atoms with Gasteiger partial charge in [-0.2, -0.15) is 5.10 Å². The summed E-state index contributed by atoms with van der Waals surface area (Å²) in [5.74, 6) is -0.820. The quantitative estimate of drug-likeness (QED) is 0.823. The summed E-state index contributed by atoms with van der Waals surface area (Å²) in [6, 6.07) is 1.59. The molecular formula is C15H22N4O4. The number of carbonyl (C=O) groups excluding carboxylic acids is 1. The molecule has 2 aliphatic heterocycles. The molecule has 3 heterocycles. The second-order valence-electron chi connectivity index (χ2n) is 6.16. The van der Waals surface area contributed by atoms with E-state index < -0.39 is 5.97 Å². The molecule has 8 heteroatoms. The summed E-state index contributed by atoms with van der Waals surface area (Å²) < 4.78 is 7.39. The Balaban J connectivity index is 1.79. The number of hydrogen-bond acceptors (Lipinski definition) is 5. The van der Waals surface area contributed by atoms with E-state index in [0.717, 1.165) is 6.54 Å². The van der Waals surface area contributed by atoms with Gasteiger partial charge in [-0.15, -0.1) is 0 Å². The first-order valence-corrected chi connectivity index (χ1v) is 7.93. The molecule has 23 heavy (non-hydrogen) atoms. The Kier molecular flexibility index (Phi) is 4.63. The second kappa shape index (κ2) is 6.67. The minimum Gasteiger partial charge on any atom is -0.480 e. The van der Waals surface area contributed by atoms with Crippen LogP contribution in [0.2, 0.25) is 0 Å². The van der Waals surface area contributed by atoms with Crippen molar-refractivity contribution in [1.82, 2.24) is 19.6 Å².